The van der Waals surface area contributed by atoms with Gasteiger partial charge in [-0.25, -0.2) is 4.98 Å². The molecule has 0 bridgehead atoms. The lowest BCUT2D eigenvalue weighted by molar-refractivity contribution is 0.0529. The highest BCUT2D eigenvalue weighted by atomic mass is 16.5. The van der Waals surface area contributed by atoms with Crippen molar-refractivity contribution in [2.24, 2.45) is 10.9 Å². The molecule has 1 atom stereocenters. The fourth-order valence-electron chi connectivity index (χ4n) is 4.12. The Morgan fingerprint density at radius 3 is 2.79 bits per heavy atom. The summed E-state index contributed by atoms with van der Waals surface area (Å²) in [6.45, 7) is 13.5. The number of aliphatic imine (C=N–C) groups is 1. The second-order valence-corrected chi connectivity index (χ2v) is 8.69. The minimum absolute atomic E-state index is 0.252. The first-order chi connectivity index (χ1) is 14.0. The first-order valence-corrected chi connectivity index (χ1v) is 11.0. The van der Waals surface area contributed by atoms with Gasteiger partial charge < -0.3 is 25.2 Å². The van der Waals surface area contributed by atoms with Crippen molar-refractivity contribution < 1.29 is 4.74 Å². The summed E-state index contributed by atoms with van der Waals surface area (Å²) in [5.74, 6) is 2.64. The Bertz CT molecular complexity index is 656. The van der Waals surface area contributed by atoms with Crippen LogP contribution in [0.1, 0.15) is 39.2 Å². The topological polar surface area (TPSA) is 65.0 Å². The molecule has 29 heavy (non-hydrogen) atoms. The quantitative estimate of drug-likeness (QED) is 0.561. The molecule has 2 N–H and O–H groups in total. The van der Waals surface area contributed by atoms with Crippen LogP contribution in [0.5, 0.6) is 0 Å². The molecule has 1 unspecified atom stereocenters. The zero-order valence-electron chi connectivity index (χ0n) is 18.5. The van der Waals surface area contributed by atoms with Gasteiger partial charge in [-0.2, -0.15) is 0 Å². The van der Waals surface area contributed by atoms with Crippen LogP contribution in [-0.2, 0) is 11.3 Å². The van der Waals surface area contributed by atoms with Crippen molar-refractivity contribution >= 4 is 11.8 Å². The van der Waals surface area contributed by atoms with E-state index in [2.05, 4.69) is 63.3 Å². The van der Waals surface area contributed by atoms with E-state index >= 15 is 0 Å². The molecule has 1 aromatic heterocycles. The highest BCUT2D eigenvalue weighted by Crippen LogP contribution is 2.16. The maximum Gasteiger partial charge on any atom is 0.191 e. The lowest BCUT2D eigenvalue weighted by Gasteiger charge is -2.34. The van der Waals surface area contributed by atoms with E-state index in [4.69, 9.17) is 4.74 Å². The van der Waals surface area contributed by atoms with Crippen LogP contribution in [0.3, 0.4) is 0 Å². The molecule has 2 aliphatic rings. The Labute approximate surface area is 175 Å². The number of anilines is 1. The van der Waals surface area contributed by atoms with Crippen LogP contribution in [0.25, 0.3) is 0 Å². The van der Waals surface area contributed by atoms with Gasteiger partial charge in [0.25, 0.3) is 0 Å². The molecular weight excluding hydrogens is 364 g/mol. The smallest absolute Gasteiger partial charge is 0.191 e. The highest BCUT2D eigenvalue weighted by molar-refractivity contribution is 5.80. The first kappa shape index (κ1) is 21.8. The van der Waals surface area contributed by atoms with Crippen molar-refractivity contribution in [3.63, 3.8) is 0 Å². The van der Waals surface area contributed by atoms with E-state index in [9.17, 15) is 0 Å². The summed E-state index contributed by atoms with van der Waals surface area (Å²) in [5.41, 5.74) is 1.21. The Kier molecular flexibility index (Phi) is 8.12. The standard InChI is InChI=1S/C22H38N6O/c1-17(2)15-27-9-6-20(7-10-27)26-22(23-4)25-14-19-5-8-24-21(13-19)28-11-12-29-18(3)16-28/h5,8,13,17-18,20H,6-7,9-12,14-16H2,1-4H3,(H2,23,25,26). The van der Waals surface area contributed by atoms with Gasteiger partial charge in [-0.1, -0.05) is 13.8 Å². The largest absolute Gasteiger partial charge is 0.375 e. The van der Waals surface area contributed by atoms with Crippen molar-refractivity contribution in [1.29, 1.82) is 0 Å². The molecule has 7 nitrogen and oxygen atoms in total. The van der Waals surface area contributed by atoms with Gasteiger partial charge in [-0.3, -0.25) is 4.99 Å². The summed E-state index contributed by atoms with van der Waals surface area (Å²) in [4.78, 5) is 13.9. The van der Waals surface area contributed by atoms with Crippen LogP contribution in [-0.4, -0.2) is 74.4 Å². The molecule has 0 aliphatic carbocycles. The third kappa shape index (κ3) is 6.85. The third-order valence-corrected chi connectivity index (χ3v) is 5.61. The van der Waals surface area contributed by atoms with Crippen LogP contribution in [0.4, 0.5) is 5.82 Å². The van der Waals surface area contributed by atoms with Crippen molar-refractivity contribution in [3.05, 3.63) is 23.9 Å². The average molecular weight is 403 g/mol. The third-order valence-electron chi connectivity index (χ3n) is 5.61. The molecule has 0 radical (unpaired) electrons. The van der Waals surface area contributed by atoms with E-state index in [0.29, 0.717) is 6.04 Å². The van der Waals surface area contributed by atoms with Gasteiger partial charge in [0.1, 0.15) is 5.82 Å². The van der Waals surface area contributed by atoms with Crippen molar-refractivity contribution in [3.8, 4) is 0 Å². The highest BCUT2D eigenvalue weighted by Gasteiger charge is 2.21. The Morgan fingerprint density at radius 2 is 2.10 bits per heavy atom. The number of nitrogens with one attached hydrogen (secondary N) is 2. The molecule has 2 aliphatic heterocycles. The minimum Gasteiger partial charge on any atom is -0.375 e. The molecule has 0 amide bonds. The second-order valence-electron chi connectivity index (χ2n) is 8.69. The van der Waals surface area contributed by atoms with E-state index in [-0.39, 0.29) is 6.10 Å². The number of rotatable bonds is 6. The van der Waals surface area contributed by atoms with Crippen molar-refractivity contribution in [1.82, 2.24) is 20.5 Å². The number of pyridine rings is 1. The van der Waals surface area contributed by atoms with Gasteiger partial charge in [0.05, 0.1) is 12.7 Å². The molecule has 0 spiro atoms. The fourth-order valence-corrected chi connectivity index (χ4v) is 4.12. The van der Waals surface area contributed by atoms with Crippen LogP contribution in [0, 0.1) is 5.92 Å². The van der Waals surface area contributed by atoms with Crippen LogP contribution in [0.15, 0.2) is 23.3 Å². The number of piperidine rings is 1. The number of aromatic nitrogens is 1. The van der Waals surface area contributed by atoms with E-state index in [1.54, 1.807) is 0 Å². The predicted molar refractivity (Wildman–Crippen MR) is 119 cm³/mol. The molecule has 2 saturated heterocycles. The predicted octanol–water partition coefficient (Wildman–Crippen LogP) is 2.09. The Hall–Kier alpha value is -1.86. The maximum atomic E-state index is 5.64. The van der Waals surface area contributed by atoms with Crippen molar-refractivity contribution in [2.75, 3.05) is 51.3 Å². The minimum atomic E-state index is 0.252. The molecule has 3 rings (SSSR count). The van der Waals surface area contributed by atoms with Crippen LogP contribution in [0.2, 0.25) is 0 Å². The monoisotopic (exact) mass is 402 g/mol. The SMILES string of the molecule is CN=C(NCc1ccnc(N2CCOC(C)C2)c1)NC1CCN(CC(C)C)CC1. The van der Waals surface area contributed by atoms with Gasteiger partial charge in [0.15, 0.2) is 5.96 Å². The normalized spacial score (nSPS) is 22.2. The number of morpholine rings is 1. The van der Waals surface area contributed by atoms with Gasteiger partial charge in [-0.15, -0.1) is 0 Å². The second kappa shape index (κ2) is 10.8. The summed E-state index contributed by atoms with van der Waals surface area (Å²) in [6.07, 6.45) is 4.49. The maximum absolute atomic E-state index is 5.64. The van der Waals surface area contributed by atoms with Gasteiger partial charge in [0, 0.05) is 58.6 Å². The number of hydrogen-bond donors (Lipinski definition) is 2. The average Bonchev–Trinajstić information content (AvgIpc) is 2.72. The van der Waals surface area contributed by atoms with Gasteiger partial charge in [-0.05, 0) is 43.4 Å². The van der Waals surface area contributed by atoms with Crippen LogP contribution >= 0.6 is 0 Å². The lowest BCUT2D eigenvalue weighted by Crippen LogP contribution is -2.49. The Morgan fingerprint density at radius 1 is 1.31 bits per heavy atom. The summed E-state index contributed by atoms with van der Waals surface area (Å²) >= 11 is 0. The van der Waals surface area contributed by atoms with Gasteiger partial charge >= 0.3 is 0 Å². The molecule has 2 fully saturated rings. The lowest BCUT2D eigenvalue weighted by atomic mass is 10.0. The molecule has 0 saturated carbocycles. The number of guanidine groups is 1. The number of hydrogen-bond acceptors (Lipinski definition) is 5. The fraction of sp³-hybridized carbons (Fsp3) is 0.727. The zero-order chi connectivity index (χ0) is 20.6. The number of likely N-dealkylation sites (tertiary alicyclic amines) is 1. The Balaban J connectivity index is 1.47. The molecule has 7 heteroatoms. The summed E-state index contributed by atoms with van der Waals surface area (Å²) in [7, 11) is 1.84. The molecular formula is C22H38N6O. The van der Waals surface area contributed by atoms with E-state index in [0.717, 1.165) is 43.9 Å². The summed E-state index contributed by atoms with van der Waals surface area (Å²) in [5, 5.41) is 7.07. The van der Waals surface area contributed by atoms with E-state index in [1.807, 2.05) is 13.2 Å². The van der Waals surface area contributed by atoms with Crippen molar-refractivity contribution in [2.45, 2.75) is 52.3 Å². The van der Waals surface area contributed by atoms with Crippen LogP contribution < -0.4 is 15.5 Å². The zero-order valence-corrected chi connectivity index (χ0v) is 18.5. The van der Waals surface area contributed by atoms with E-state index < -0.39 is 0 Å². The molecule has 162 valence electrons. The number of nitrogens with zero attached hydrogens (tertiary/aromatic N) is 4. The number of ether oxygens (including phenoxy) is 1. The molecule has 1 aromatic rings. The molecule has 0 aromatic carbocycles. The first-order valence-electron chi connectivity index (χ1n) is 11.0. The van der Waals surface area contributed by atoms with E-state index in [1.165, 1.54) is 38.0 Å². The summed E-state index contributed by atoms with van der Waals surface area (Å²) in [6, 6.07) is 4.73. The van der Waals surface area contributed by atoms with Gasteiger partial charge in [0.2, 0.25) is 0 Å². The summed E-state index contributed by atoms with van der Waals surface area (Å²) < 4.78 is 5.64. The molecule has 3 heterocycles.